The molecule has 2 amide bonds. The quantitative estimate of drug-likeness (QED) is 0.361. The van der Waals surface area contributed by atoms with Gasteiger partial charge in [-0.05, 0) is 82.0 Å². The number of hydrogen-bond donors (Lipinski definition) is 1. The number of rotatable bonds is 7. The highest BCUT2D eigenvalue weighted by Gasteiger charge is 2.27. The Morgan fingerprint density at radius 2 is 1.75 bits per heavy atom. The van der Waals surface area contributed by atoms with E-state index < -0.39 is 6.04 Å². The van der Waals surface area contributed by atoms with Crippen molar-refractivity contribution in [2.45, 2.75) is 19.9 Å². The zero-order valence-corrected chi connectivity index (χ0v) is 21.7. The number of aryl methyl sites for hydroxylation is 1. The van der Waals surface area contributed by atoms with Crippen molar-refractivity contribution >= 4 is 34.2 Å². The predicted molar refractivity (Wildman–Crippen MR) is 146 cm³/mol. The third-order valence-electron chi connectivity index (χ3n) is 6.05. The molecule has 1 N–H and O–H groups in total. The van der Waals surface area contributed by atoms with Crippen LogP contribution < -0.4 is 10.9 Å². The average Bonchev–Trinajstić information content (AvgIpc) is 2.85. The number of anilines is 1. The lowest BCUT2D eigenvalue weighted by atomic mass is 10.1. The van der Waals surface area contributed by atoms with Gasteiger partial charge >= 0.3 is 6.03 Å². The minimum atomic E-state index is -0.505. The number of amides is 2. The van der Waals surface area contributed by atoms with Crippen molar-refractivity contribution in [3.8, 4) is 5.69 Å². The third kappa shape index (κ3) is 5.58. The molecule has 1 aromatic heterocycles. The Bertz CT molecular complexity index is 1430. The largest absolute Gasteiger partial charge is 0.322 e. The summed E-state index contributed by atoms with van der Waals surface area (Å²) in [5.74, 6) is 0.495. The van der Waals surface area contributed by atoms with Gasteiger partial charge in [-0.2, -0.15) is 0 Å². The van der Waals surface area contributed by atoms with Crippen molar-refractivity contribution < 1.29 is 4.79 Å². The molecule has 4 rings (SSSR count). The van der Waals surface area contributed by atoms with E-state index in [9.17, 15) is 9.59 Å². The van der Waals surface area contributed by atoms with E-state index in [0.717, 1.165) is 5.56 Å². The molecule has 0 bridgehead atoms. The molecule has 0 aliphatic heterocycles. The molecule has 0 saturated heterocycles. The summed E-state index contributed by atoms with van der Waals surface area (Å²) in [4.78, 5) is 35.9. The third-order valence-corrected chi connectivity index (χ3v) is 6.30. The molecular formula is C28H30ClN5O2. The minimum absolute atomic E-state index is 0.168. The highest BCUT2D eigenvalue weighted by molar-refractivity contribution is 6.30. The highest BCUT2D eigenvalue weighted by Crippen LogP contribution is 2.24. The lowest BCUT2D eigenvalue weighted by molar-refractivity contribution is 0.181. The topological polar surface area (TPSA) is 70.5 Å². The fraction of sp³-hybridized carbons (Fsp3) is 0.250. The second-order valence-corrected chi connectivity index (χ2v) is 9.51. The van der Waals surface area contributed by atoms with Gasteiger partial charge in [-0.15, -0.1) is 0 Å². The molecule has 0 radical (unpaired) electrons. The summed E-state index contributed by atoms with van der Waals surface area (Å²) in [5.41, 5.74) is 2.80. The van der Waals surface area contributed by atoms with Crippen LogP contribution in [0.2, 0.25) is 5.02 Å². The number of hydrogen-bond acceptors (Lipinski definition) is 4. The van der Waals surface area contributed by atoms with Crippen LogP contribution in [-0.2, 0) is 0 Å². The number of nitrogens with zero attached hydrogens (tertiary/aromatic N) is 4. The summed E-state index contributed by atoms with van der Waals surface area (Å²) in [6.07, 6.45) is 0. The van der Waals surface area contributed by atoms with E-state index in [1.165, 1.54) is 0 Å². The number of urea groups is 1. The normalized spacial score (nSPS) is 12.1. The Balaban J connectivity index is 1.82. The first-order valence-electron chi connectivity index (χ1n) is 11.8. The molecule has 8 heteroatoms. The lowest BCUT2D eigenvalue weighted by Crippen LogP contribution is -2.43. The highest BCUT2D eigenvalue weighted by atomic mass is 35.5. The zero-order chi connectivity index (χ0) is 25.8. The molecule has 186 valence electrons. The first kappa shape index (κ1) is 25.4. The van der Waals surface area contributed by atoms with Crippen molar-refractivity contribution in [2.75, 3.05) is 32.5 Å². The van der Waals surface area contributed by atoms with Crippen LogP contribution in [0.4, 0.5) is 10.5 Å². The molecule has 3 aromatic carbocycles. The second kappa shape index (κ2) is 10.9. The number of halogens is 1. The van der Waals surface area contributed by atoms with Gasteiger partial charge in [0.1, 0.15) is 5.82 Å². The molecule has 4 aromatic rings. The fourth-order valence-electron chi connectivity index (χ4n) is 4.09. The Morgan fingerprint density at radius 1 is 1.03 bits per heavy atom. The van der Waals surface area contributed by atoms with E-state index >= 15 is 0 Å². The smallest absolute Gasteiger partial charge is 0.313 e. The molecule has 1 atom stereocenters. The van der Waals surface area contributed by atoms with Gasteiger partial charge < -0.3 is 15.1 Å². The first-order valence-corrected chi connectivity index (χ1v) is 12.2. The number of carbonyl (C=O) groups excluding carboxylic acids is 1. The fourth-order valence-corrected chi connectivity index (χ4v) is 4.22. The molecule has 0 aliphatic rings. The second-order valence-electron chi connectivity index (χ2n) is 9.08. The summed E-state index contributed by atoms with van der Waals surface area (Å²) in [6.45, 7) is 4.96. The Hall–Kier alpha value is -3.68. The van der Waals surface area contributed by atoms with Crippen molar-refractivity contribution in [2.24, 2.45) is 0 Å². The SMILES string of the molecule is Cc1cccc(-n2c(C(C)N(CCN(C)C)C(=O)Nc3ccc(Cl)cc3)nc3ccccc3c2=O)c1. The van der Waals surface area contributed by atoms with Crippen LogP contribution in [-0.4, -0.2) is 52.6 Å². The van der Waals surface area contributed by atoms with Gasteiger partial charge in [-0.3, -0.25) is 9.36 Å². The van der Waals surface area contributed by atoms with Gasteiger partial charge in [-0.1, -0.05) is 35.9 Å². The predicted octanol–water partition coefficient (Wildman–Crippen LogP) is 5.50. The van der Waals surface area contributed by atoms with Gasteiger partial charge in [0.2, 0.25) is 0 Å². The molecule has 0 saturated carbocycles. The van der Waals surface area contributed by atoms with Gasteiger partial charge in [0.05, 0.1) is 22.6 Å². The van der Waals surface area contributed by atoms with Crippen LogP contribution >= 0.6 is 11.6 Å². The maximum atomic E-state index is 13.7. The lowest BCUT2D eigenvalue weighted by Gasteiger charge is -2.31. The average molecular weight is 504 g/mol. The number of fused-ring (bicyclic) bond motifs is 1. The number of aromatic nitrogens is 2. The standard InChI is InChI=1S/C28H30ClN5O2/c1-19-8-7-9-23(18-19)34-26(31-25-11-6-5-10-24(25)27(34)35)20(2)33(17-16-32(3)4)28(36)30-22-14-12-21(29)13-15-22/h5-15,18,20H,16-17H2,1-4H3,(H,30,36). The van der Waals surface area contributed by atoms with Crippen LogP contribution in [0.5, 0.6) is 0 Å². The number of para-hydroxylation sites is 1. The van der Waals surface area contributed by atoms with Crippen LogP contribution in [0.3, 0.4) is 0 Å². The van der Waals surface area contributed by atoms with Crippen molar-refractivity contribution in [1.82, 2.24) is 19.4 Å². The number of likely N-dealkylation sites (N-methyl/N-ethyl adjacent to an activating group) is 1. The van der Waals surface area contributed by atoms with Gasteiger partial charge in [-0.25, -0.2) is 9.78 Å². The van der Waals surface area contributed by atoms with E-state index in [0.29, 0.717) is 46.2 Å². The molecule has 0 aliphatic carbocycles. The van der Waals surface area contributed by atoms with E-state index in [4.69, 9.17) is 16.6 Å². The van der Waals surface area contributed by atoms with Crippen LogP contribution in [0.1, 0.15) is 24.4 Å². The number of carbonyl (C=O) groups is 1. The molecule has 0 fully saturated rings. The summed E-state index contributed by atoms with van der Waals surface area (Å²) in [7, 11) is 3.91. The maximum absolute atomic E-state index is 13.7. The summed E-state index contributed by atoms with van der Waals surface area (Å²) < 4.78 is 1.62. The van der Waals surface area contributed by atoms with Crippen molar-refractivity contribution in [3.63, 3.8) is 0 Å². The van der Waals surface area contributed by atoms with Crippen molar-refractivity contribution in [1.29, 1.82) is 0 Å². The number of benzene rings is 3. The van der Waals surface area contributed by atoms with Crippen LogP contribution in [0, 0.1) is 6.92 Å². The van der Waals surface area contributed by atoms with Gasteiger partial charge in [0.25, 0.3) is 5.56 Å². The molecule has 1 unspecified atom stereocenters. The Labute approximate surface area is 215 Å². The number of nitrogens with one attached hydrogen (secondary N) is 1. The molecule has 7 nitrogen and oxygen atoms in total. The van der Waals surface area contributed by atoms with Crippen LogP contribution in [0.15, 0.2) is 77.6 Å². The van der Waals surface area contributed by atoms with E-state index in [-0.39, 0.29) is 11.6 Å². The summed E-state index contributed by atoms with van der Waals surface area (Å²) >= 11 is 6.01. The van der Waals surface area contributed by atoms with E-state index in [1.54, 1.807) is 39.8 Å². The van der Waals surface area contributed by atoms with Crippen molar-refractivity contribution in [3.05, 3.63) is 99.6 Å². The minimum Gasteiger partial charge on any atom is -0.313 e. The molecule has 36 heavy (non-hydrogen) atoms. The molecule has 0 spiro atoms. The maximum Gasteiger partial charge on any atom is 0.322 e. The summed E-state index contributed by atoms with van der Waals surface area (Å²) in [6, 6.07) is 21.2. The monoisotopic (exact) mass is 503 g/mol. The molecule has 1 heterocycles. The summed E-state index contributed by atoms with van der Waals surface area (Å²) in [5, 5.41) is 4.08. The Kier molecular flexibility index (Phi) is 7.72. The van der Waals surface area contributed by atoms with E-state index in [1.807, 2.05) is 75.3 Å². The van der Waals surface area contributed by atoms with Gasteiger partial charge in [0.15, 0.2) is 0 Å². The molecular weight excluding hydrogens is 474 g/mol. The zero-order valence-electron chi connectivity index (χ0n) is 20.9. The Morgan fingerprint density at radius 3 is 2.44 bits per heavy atom. The van der Waals surface area contributed by atoms with E-state index in [2.05, 4.69) is 5.32 Å². The van der Waals surface area contributed by atoms with Gasteiger partial charge in [0, 0.05) is 23.8 Å². The van der Waals surface area contributed by atoms with Crippen LogP contribution in [0.25, 0.3) is 16.6 Å². The first-order chi connectivity index (χ1) is 17.2.